The molecule has 152 valence electrons. The number of halogens is 2. The van der Waals surface area contributed by atoms with Crippen molar-refractivity contribution >= 4 is 23.3 Å². The summed E-state index contributed by atoms with van der Waals surface area (Å²) in [6, 6.07) is 6.76. The fraction of sp³-hybridized carbons (Fsp3) is 0.143. The minimum absolute atomic E-state index is 0.0450. The largest absolute Gasteiger partial charge is 0.482 e. The molecule has 1 N–H and O–H groups in total. The van der Waals surface area contributed by atoms with Crippen LogP contribution in [0.5, 0.6) is 5.75 Å². The van der Waals surface area contributed by atoms with Crippen molar-refractivity contribution in [2.45, 2.75) is 6.92 Å². The summed E-state index contributed by atoms with van der Waals surface area (Å²) in [5.41, 5.74) is 2.06. The number of rotatable bonds is 3. The van der Waals surface area contributed by atoms with Gasteiger partial charge in [-0.2, -0.15) is 0 Å². The van der Waals surface area contributed by atoms with Gasteiger partial charge in [-0.1, -0.05) is 6.07 Å². The molecule has 0 radical (unpaired) electrons. The van der Waals surface area contributed by atoms with Crippen LogP contribution in [0.2, 0.25) is 0 Å². The smallest absolute Gasteiger partial charge is 0.264 e. The van der Waals surface area contributed by atoms with Gasteiger partial charge in [-0.3, -0.25) is 14.6 Å². The Morgan fingerprint density at radius 1 is 1.17 bits per heavy atom. The predicted octanol–water partition coefficient (Wildman–Crippen LogP) is 3.34. The van der Waals surface area contributed by atoms with E-state index in [1.54, 1.807) is 13.1 Å². The first-order valence-corrected chi connectivity index (χ1v) is 8.97. The van der Waals surface area contributed by atoms with Crippen molar-refractivity contribution in [3.63, 3.8) is 0 Å². The lowest BCUT2D eigenvalue weighted by Gasteiger charge is -2.27. The third-order valence-electron chi connectivity index (χ3n) is 4.75. The maximum absolute atomic E-state index is 13.8. The van der Waals surface area contributed by atoms with Crippen molar-refractivity contribution in [3.8, 4) is 17.0 Å². The molecule has 9 heteroatoms. The SMILES string of the molecule is Cc1cc2c(cc1-c1cnc(NC(=O)c3c(F)cccc3F)cn1)OCC(=O)N2C. The van der Waals surface area contributed by atoms with Gasteiger partial charge >= 0.3 is 0 Å². The number of carbonyl (C=O) groups excluding carboxylic acids is 2. The number of nitrogens with one attached hydrogen (secondary N) is 1. The lowest BCUT2D eigenvalue weighted by molar-refractivity contribution is -0.120. The van der Waals surface area contributed by atoms with Crippen LogP contribution in [0.3, 0.4) is 0 Å². The first-order valence-electron chi connectivity index (χ1n) is 8.97. The van der Waals surface area contributed by atoms with E-state index in [4.69, 9.17) is 4.74 Å². The van der Waals surface area contributed by atoms with E-state index < -0.39 is 23.1 Å². The van der Waals surface area contributed by atoms with Crippen LogP contribution in [0.15, 0.2) is 42.7 Å². The summed E-state index contributed by atoms with van der Waals surface area (Å²) >= 11 is 0. The quantitative estimate of drug-likeness (QED) is 0.716. The lowest BCUT2D eigenvalue weighted by atomic mass is 10.0. The molecule has 7 nitrogen and oxygen atoms in total. The number of amides is 2. The van der Waals surface area contributed by atoms with Crippen molar-refractivity contribution < 1.29 is 23.1 Å². The third kappa shape index (κ3) is 3.45. The Kier molecular flexibility index (Phi) is 4.86. The number of aryl methyl sites for hydroxylation is 1. The van der Waals surface area contributed by atoms with E-state index in [1.807, 2.05) is 13.0 Å². The van der Waals surface area contributed by atoms with Gasteiger partial charge in [0.1, 0.15) is 22.9 Å². The van der Waals surface area contributed by atoms with Crippen LogP contribution >= 0.6 is 0 Å². The van der Waals surface area contributed by atoms with Crippen LogP contribution in [0.1, 0.15) is 15.9 Å². The highest BCUT2D eigenvalue weighted by molar-refractivity contribution is 6.04. The summed E-state index contributed by atoms with van der Waals surface area (Å²) in [5, 5.41) is 2.33. The Morgan fingerprint density at radius 3 is 2.57 bits per heavy atom. The molecule has 0 spiro atoms. The Morgan fingerprint density at radius 2 is 1.90 bits per heavy atom. The monoisotopic (exact) mass is 410 g/mol. The molecule has 0 saturated heterocycles. The number of anilines is 2. The molecule has 0 aliphatic carbocycles. The molecule has 1 aliphatic heterocycles. The Balaban J connectivity index is 1.59. The van der Waals surface area contributed by atoms with Gasteiger partial charge in [-0.25, -0.2) is 13.8 Å². The molecule has 2 heterocycles. The first-order chi connectivity index (χ1) is 14.3. The summed E-state index contributed by atoms with van der Waals surface area (Å²) in [7, 11) is 1.68. The van der Waals surface area contributed by atoms with Gasteiger partial charge in [0.2, 0.25) is 0 Å². The fourth-order valence-corrected chi connectivity index (χ4v) is 3.12. The standard InChI is InChI=1S/C21H16F2N4O3/c1-11-6-16-17(30-10-19(28)27(16)2)7-12(11)15-8-25-18(9-24-15)26-21(29)20-13(22)4-3-5-14(20)23/h3-9H,10H2,1-2H3,(H,25,26,29). The average molecular weight is 410 g/mol. The molecule has 0 atom stereocenters. The molecule has 0 unspecified atom stereocenters. The molecule has 4 rings (SSSR count). The Labute approximate surface area is 170 Å². The highest BCUT2D eigenvalue weighted by atomic mass is 19.1. The van der Waals surface area contributed by atoms with Crippen LogP contribution in [0.4, 0.5) is 20.3 Å². The molecular weight excluding hydrogens is 394 g/mol. The van der Waals surface area contributed by atoms with Crippen molar-refractivity contribution in [3.05, 3.63) is 65.5 Å². The molecule has 30 heavy (non-hydrogen) atoms. The van der Waals surface area contributed by atoms with E-state index in [0.717, 1.165) is 23.3 Å². The van der Waals surface area contributed by atoms with Crippen molar-refractivity contribution in [2.75, 3.05) is 23.9 Å². The molecular formula is C21H16F2N4O3. The topological polar surface area (TPSA) is 84.4 Å². The van der Waals surface area contributed by atoms with E-state index in [9.17, 15) is 18.4 Å². The first kappa shape index (κ1) is 19.4. The fourth-order valence-electron chi connectivity index (χ4n) is 3.12. The number of benzene rings is 2. The highest BCUT2D eigenvalue weighted by Crippen LogP contribution is 2.37. The number of carbonyl (C=O) groups is 2. The normalized spacial score (nSPS) is 12.9. The van der Waals surface area contributed by atoms with E-state index in [1.165, 1.54) is 23.4 Å². The van der Waals surface area contributed by atoms with Crippen LogP contribution in [-0.2, 0) is 4.79 Å². The van der Waals surface area contributed by atoms with Gasteiger partial charge in [0, 0.05) is 12.6 Å². The van der Waals surface area contributed by atoms with Crippen LogP contribution in [0, 0.1) is 18.6 Å². The van der Waals surface area contributed by atoms with E-state index in [-0.39, 0.29) is 18.3 Å². The van der Waals surface area contributed by atoms with Gasteiger partial charge < -0.3 is 15.0 Å². The molecule has 2 aromatic carbocycles. The maximum Gasteiger partial charge on any atom is 0.264 e. The number of likely N-dealkylation sites (N-methyl/N-ethyl adjacent to an activating group) is 1. The van der Waals surface area contributed by atoms with Gasteiger partial charge in [-0.15, -0.1) is 0 Å². The molecule has 1 aliphatic rings. The average Bonchev–Trinajstić information content (AvgIpc) is 2.71. The predicted molar refractivity (Wildman–Crippen MR) is 105 cm³/mol. The zero-order chi connectivity index (χ0) is 21.4. The summed E-state index contributed by atoms with van der Waals surface area (Å²) < 4.78 is 33.0. The van der Waals surface area contributed by atoms with Gasteiger partial charge in [-0.05, 0) is 36.8 Å². The summed E-state index contributed by atoms with van der Waals surface area (Å²) in [4.78, 5) is 33.9. The van der Waals surface area contributed by atoms with Crippen LogP contribution in [0.25, 0.3) is 11.3 Å². The molecule has 3 aromatic rings. The molecule has 0 bridgehead atoms. The third-order valence-corrected chi connectivity index (χ3v) is 4.75. The number of ether oxygens (including phenoxy) is 1. The second kappa shape index (κ2) is 7.51. The summed E-state index contributed by atoms with van der Waals surface area (Å²) in [6.07, 6.45) is 2.72. The molecule has 2 amide bonds. The van der Waals surface area contributed by atoms with Crippen molar-refractivity contribution in [1.82, 2.24) is 9.97 Å². The minimum Gasteiger partial charge on any atom is -0.482 e. The van der Waals surface area contributed by atoms with Crippen LogP contribution < -0.4 is 15.0 Å². The number of aromatic nitrogens is 2. The highest BCUT2D eigenvalue weighted by Gasteiger charge is 2.24. The number of hydrogen-bond acceptors (Lipinski definition) is 5. The number of nitrogens with zero attached hydrogens (tertiary/aromatic N) is 3. The molecule has 0 saturated carbocycles. The second-order valence-electron chi connectivity index (χ2n) is 6.71. The van der Waals surface area contributed by atoms with Gasteiger partial charge in [0.15, 0.2) is 12.4 Å². The minimum atomic E-state index is -0.967. The Hall–Kier alpha value is -3.88. The number of fused-ring (bicyclic) bond motifs is 1. The van der Waals surface area contributed by atoms with Gasteiger partial charge in [0.05, 0.1) is 23.8 Å². The molecule has 1 aromatic heterocycles. The number of hydrogen-bond donors (Lipinski definition) is 1. The Bertz CT molecular complexity index is 1150. The zero-order valence-corrected chi connectivity index (χ0v) is 16.1. The van der Waals surface area contributed by atoms with Crippen LogP contribution in [-0.4, -0.2) is 35.4 Å². The van der Waals surface area contributed by atoms with Gasteiger partial charge in [0.25, 0.3) is 11.8 Å². The lowest BCUT2D eigenvalue weighted by Crippen LogP contribution is -2.35. The van der Waals surface area contributed by atoms with E-state index in [0.29, 0.717) is 17.1 Å². The van der Waals surface area contributed by atoms with E-state index in [2.05, 4.69) is 15.3 Å². The second-order valence-corrected chi connectivity index (χ2v) is 6.71. The van der Waals surface area contributed by atoms with Crippen molar-refractivity contribution in [1.29, 1.82) is 0 Å². The summed E-state index contributed by atoms with van der Waals surface area (Å²) in [6.45, 7) is 1.82. The maximum atomic E-state index is 13.8. The van der Waals surface area contributed by atoms with Crippen molar-refractivity contribution in [2.24, 2.45) is 0 Å². The van der Waals surface area contributed by atoms with E-state index >= 15 is 0 Å². The zero-order valence-electron chi connectivity index (χ0n) is 16.1. The molecule has 0 fully saturated rings. The summed E-state index contributed by atoms with van der Waals surface area (Å²) in [5.74, 6) is -2.44.